The molecule has 7 nitrogen and oxygen atoms in total. The Balaban J connectivity index is 1.52. The first-order valence-corrected chi connectivity index (χ1v) is 8.32. The largest absolute Gasteiger partial charge is 0.353 e. The van der Waals surface area contributed by atoms with Gasteiger partial charge >= 0.3 is 6.03 Å². The second kappa shape index (κ2) is 7.09. The van der Waals surface area contributed by atoms with Crippen LogP contribution in [0.5, 0.6) is 0 Å². The number of pyridine rings is 1. The van der Waals surface area contributed by atoms with Gasteiger partial charge in [0.2, 0.25) is 0 Å². The number of carbonyl (C=O) groups excluding carboxylic acids is 1. The minimum Gasteiger partial charge on any atom is -0.353 e. The SMILES string of the molecule is C[C@@H](NC(=O)N[C@H]1CCN(c2ncccc2Cl)C1)c1cnn(C)c1. The molecule has 1 aliphatic rings. The molecule has 0 unspecified atom stereocenters. The second-order valence-electron chi connectivity index (χ2n) is 6.03. The van der Waals surface area contributed by atoms with Gasteiger partial charge in [0.05, 0.1) is 17.3 Å². The van der Waals surface area contributed by atoms with E-state index in [9.17, 15) is 4.79 Å². The zero-order chi connectivity index (χ0) is 17.1. The zero-order valence-corrected chi connectivity index (χ0v) is 14.5. The minimum absolute atomic E-state index is 0.0733. The molecular weight excluding hydrogens is 328 g/mol. The third-order valence-corrected chi connectivity index (χ3v) is 4.43. The lowest BCUT2D eigenvalue weighted by atomic mass is 10.2. The van der Waals surface area contributed by atoms with Crippen LogP contribution in [0.15, 0.2) is 30.7 Å². The van der Waals surface area contributed by atoms with Crippen molar-refractivity contribution in [3.8, 4) is 0 Å². The summed E-state index contributed by atoms with van der Waals surface area (Å²) in [5.41, 5.74) is 0.973. The Morgan fingerprint density at radius 3 is 3.04 bits per heavy atom. The Bertz CT molecular complexity index is 718. The van der Waals surface area contributed by atoms with Gasteiger partial charge < -0.3 is 15.5 Å². The van der Waals surface area contributed by atoms with E-state index < -0.39 is 0 Å². The van der Waals surface area contributed by atoms with Crippen molar-refractivity contribution in [2.24, 2.45) is 7.05 Å². The molecular formula is C16H21ClN6O. The summed E-state index contributed by atoms with van der Waals surface area (Å²) in [5, 5.41) is 10.7. The molecule has 0 radical (unpaired) electrons. The average Bonchev–Trinajstić information content (AvgIpc) is 3.17. The standard InChI is InChI=1S/C16H21ClN6O/c1-11(12-8-19-22(2)9-12)20-16(24)21-13-5-7-23(10-13)15-14(17)4-3-6-18-15/h3-4,6,8-9,11,13H,5,7,10H2,1-2H3,(H2,20,21,24)/t11-,13+/m1/s1. The topological polar surface area (TPSA) is 75.1 Å². The number of hydrogen-bond acceptors (Lipinski definition) is 4. The van der Waals surface area contributed by atoms with E-state index in [1.54, 1.807) is 17.1 Å². The number of carbonyl (C=O) groups is 1. The Morgan fingerprint density at radius 1 is 1.50 bits per heavy atom. The Kier molecular flexibility index (Phi) is 4.89. The van der Waals surface area contributed by atoms with E-state index in [-0.39, 0.29) is 18.1 Å². The number of nitrogens with zero attached hydrogens (tertiary/aromatic N) is 4. The van der Waals surface area contributed by atoms with Crippen molar-refractivity contribution < 1.29 is 4.79 Å². The van der Waals surface area contributed by atoms with Crippen LogP contribution in [-0.4, -0.2) is 39.9 Å². The number of amides is 2. The summed E-state index contributed by atoms with van der Waals surface area (Å²) in [6, 6.07) is 3.44. The lowest BCUT2D eigenvalue weighted by Gasteiger charge is -2.20. The fraction of sp³-hybridized carbons (Fsp3) is 0.438. The van der Waals surface area contributed by atoms with Gasteiger partial charge in [-0.1, -0.05) is 11.6 Å². The van der Waals surface area contributed by atoms with Crippen LogP contribution in [0, 0.1) is 0 Å². The van der Waals surface area contributed by atoms with Crippen molar-refractivity contribution in [2.75, 3.05) is 18.0 Å². The normalized spacial score (nSPS) is 18.5. The monoisotopic (exact) mass is 348 g/mol. The quantitative estimate of drug-likeness (QED) is 0.887. The molecule has 0 spiro atoms. The molecule has 2 N–H and O–H groups in total. The molecule has 1 saturated heterocycles. The highest BCUT2D eigenvalue weighted by Crippen LogP contribution is 2.25. The Labute approximate surface area is 146 Å². The Morgan fingerprint density at radius 2 is 2.33 bits per heavy atom. The lowest BCUT2D eigenvalue weighted by Crippen LogP contribution is -2.44. The van der Waals surface area contributed by atoms with Gasteiger partial charge in [-0.05, 0) is 25.5 Å². The molecule has 8 heteroatoms. The van der Waals surface area contributed by atoms with Crippen LogP contribution in [-0.2, 0) is 7.05 Å². The van der Waals surface area contributed by atoms with Gasteiger partial charge in [0.25, 0.3) is 0 Å². The van der Waals surface area contributed by atoms with E-state index in [4.69, 9.17) is 11.6 Å². The predicted octanol–water partition coefficient (Wildman–Crippen LogP) is 2.11. The van der Waals surface area contributed by atoms with Crippen LogP contribution < -0.4 is 15.5 Å². The van der Waals surface area contributed by atoms with Crippen molar-refractivity contribution in [3.63, 3.8) is 0 Å². The van der Waals surface area contributed by atoms with E-state index in [2.05, 4.69) is 25.6 Å². The van der Waals surface area contributed by atoms with Gasteiger partial charge in [0.1, 0.15) is 5.82 Å². The summed E-state index contributed by atoms with van der Waals surface area (Å²) >= 11 is 6.18. The van der Waals surface area contributed by atoms with Crippen LogP contribution >= 0.6 is 11.6 Å². The number of rotatable bonds is 4. The molecule has 2 amide bonds. The second-order valence-corrected chi connectivity index (χ2v) is 6.43. The average molecular weight is 349 g/mol. The van der Waals surface area contributed by atoms with Crippen LogP contribution in [0.25, 0.3) is 0 Å². The van der Waals surface area contributed by atoms with Gasteiger partial charge in [-0.25, -0.2) is 9.78 Å². The third-order valence-electron chi connectivity index (χ3n) is 4.13. The van der Waals surface area contributed by atoms with Crippen molar-refractivity contribution >= 4 is 23.4 Å². The van der Waals surface area contributed by atoms with Crippen LogP contribution in [0.4, 0.5) is 10.6 Å². The van der Waals surface area contributed by atoms with Crippen molar-refractivity contribution in [2.45, 2.75) is 25.4 Å². The van der Waals surface area contributed by atoms with E-state index in [1.807, 2.05) is 32.3 Å². The number of halogens is 1. The molecule has 3 rings (SSSR count). The highest BCUT2D eigenvalue weighted by molar-refractivity contribution is 6.32. The van der Waals surface area contributed by atoms with Crippen molar-refractivity contribution in [1.82, 2.24) is 25.4 Å². The number of aromatic nitrogens is 3. The smallest absolute Gasteiger partial charge is 0.315 e. The number of aryl methyl sites for hydroxylation is 1. The van der Waals surface area contributed by atoms with Gasteiger partial charge in [-0.3, -0.25) is 4.68 Å². The van der Waals surface area contributed by atoms with Gasteiger partial charge in [-0.15, -0.1) is 0 Å². The summed E-state index contributed by atoms with van der Waals surface area (Å²) in [4.78, 5) is 18.6. The first-order valence-electron chi connectivity index (χ1n) is 7.94. The highest BCUT2D eigenvalue weighted by Gasteiger charge is 2.26. The first kappa shape index (κ1) is 16.6. The molecule has 0 bridgehead atoms. The third kappa shape index (κ3) is 3.79. The molecule has 1 fully saturated rings. The summed E-state index contributed by atoms with van der Waals surface area (Å²) in [6.07, 6.45) is 6.24. The van der Waals surface area contributed by atoms with Crippen LogP contribution in [0.2, 0.25) is 5.02 Å². The summed E-state index contributed by atoms with van der Waals surface area (Å²) in [5.74, 6) is 0.771. The molecule has 2 atom stereocenters. The van der Waals surface area contributed by atoms with Gasteiger partial charge in [0.15, 0.2) is 0 Å². The van der Waals surface area contributed by atoms with Gasteiger partial charge in [-0.2, -0.15) is 5.10 Å². The molecule has 0 aliphatic carbocycles. The maximum absolute atomic E-state index is 12.2. The molecule has 2 aromatic rings. The lowest BCUT2D eigenvalue weighted by molar-refractivity contribution is 0.235. The molecule has 2 aromatic heterocycles. The van der Waals surface area contributed by atoms with E-state index in [1.165, 1.54) is 0 Å². The fourth-order valence-electron chi connectivity index (χ4n) is 2.85. The van der Waals surface area contributed by atoms with E-state index >= 15 is 0 Å². The molecule has 0 saturated carbocycles. The van der Waals surface area contributed by atoms with Crippen molar-refractivity contribution in [1.29, 1.82) is 0 Å². The zero-order valence-electron chi connectivity index (χ0n) is 13.7. The molecule has 3 heterocycles. The molecule has 24 heavy (non-hydrogen) atoms. The van der Waals surface area contributed by atoms with Gasteiger partial charge in [0, 0.05) is 44.1 Å². The maximum atomic E-state index is 12.2. The summed E-state index contributed by atoms with van der Waals surface area (Å²) in [7, 11) is 1.85. The minimum atomic E-state index is -0.176. The van der Waals surface area contributed by atoms with E-state index in [0.717, 1.165) is 24.3 Å². The molecule has 1 aliphatic heterocycles. The van der Waals surface area contributed by atoms with Crippen molar-refractivity contribution in [3.05, 3.63) is 41.3 Å². The number of urea groups is 1. The molecule has 0 aromatic carbocycles. The maximum Gasteiger partial charge on any atom is 0.315 e. The van der Waals surface area contributed by atoms with E-state index in [0.29, 0.717) is 11.6 Å². The number of nitrogens with one attached hydrogen (secondary N) is 2. The summed E-state index contributed by atoms with van der Waals surface area (Å²) < 4.78 is 1.72. The number of anilines is 1. The fourth-order valence-corrected chi connectivity index (χ4v) is 3.09. The highest BCUT2D eigenvalue weighted by atomic mass is 35.5. The van der Waals surface area contributed by atoms with Crippen LogP contribution in [0.3, 0.4) is 0 Å². The van der Waals surface area contributed by atoms with Crippen LogP contribution in [0.1, 0.15) is 24.9 Å². The summed E-state index contributed by atoms with van der Waals surface area (Å²) in [6.45, 7) is 3.45. The first-order chi connectivity index (χ1) is 11.5. The predicted molar refractivity (Wildman–Crippen MR) is 93.2 cm³/mol. The molecule has 128 valence electrons. The Hall–Kier alpha value is -2.28. The number of hydrogen-bond donors (Lipinski definition) is 2.